The number of carbonyl (C=O) groups excluding carboxylic acids is 2. The molecule has 0 aliphatic carbocycles. The largest absolute Gasteiger partial charge is 0.349 e. The highest BCUT2D eigenvalue weighted by molar-refractivity contribution is 9.10. The van der Waals surface area contributed by atoms with Crippen LogP contribution in [0.4, 0.5) is 11.4 Å². The van der Waals surface area contributed by atoms with E-state index in [0.717, 1.165) is 15.4 Å². The first kappa shape index (κ1) is 23.4. The van der Waals surface area contributed by atoms with Gasteiger partial charge < -0.3 is 15.6 Å². The Balaban J connectivity index is 1.40. The number of rotatable bonds is 7. The predicted molar refractivity (Wildman–Crippen MR) is 142 cm³/mol. The molecule has 0 spiro atoms. The normalized spacial score (nSPS) is 11.8. The van der Waals surface area contributed by atoms with Gasteiger partial charge in [0.1, 0.15) is 5.69 Å². The number of para-hydroxylation sites is 1. The van der Waals surface area contributed by atoms with E-state index < -0.39 is 0 Å². The van der Waals surface area contributed by atoms with Crippen LogP contribution in [-0.4, -0.2) is 37.4 Å². The third kappa shape index (κ3) is 4.76. The number of benzene rings is 3. The van der Waals surface area contributed by atoms with E-state index in [1.165, 1.54) is 0 Å². The molecule has 0 aliphatic heterocycles. The quantitative estimate of drug-likeness (QED) is 0.215. The van der Waals surface area contributed by atoms with Crippen molar-refractivity contribution in [1.29, 1.82) is 0 Å². The third-order valence-electron chi connectivity index (χ3n) is 5.90. The van der Waals surface area contributed by atoms with E-state index in [0.29, 0.717) is 40.4 Å². The molecule has 0 radical (unpaired) electrons. The van der Waals surface area contributed by atoms with Crippen molar-refractivity contribution in [3.8, 4) is 11.4 Å². The molecule has 0 fully saturated rings. The monoisotopic (exact) mass is 543 g/mol. The lowest BCUT2D eigenvalue weighted by molar-refractivity contribution is -0.117. The Labute approximate surface area is 214 Å². The number of amides is 2. The molecule has 9 nitrogen and oxygen atoms in total. The minimum absolute atomic E-state index is 0.101. The van der Waals surface area contributed by atoms with Gasteiger partial charge in [-0.1, -0.05) is 65.3 Å². The lowest BCUT2D eigenvalue weighted by atomic mass is 9.95. The Kier molecular flexibility index (Phi) is 6.59. The van der Waals surface area contributed by atoms with Crippen molar-refractivity contribution >= 4 is 50.0 Å². The predicted octanol–water partition coefficient (Wildman–Crippen LogP) is 5.50. The highest BCUT2D eigenvalue weighted by Crippen LogP contribution is 2.30. The summed E-state index contributed by atoms with van der Waals surface area (Å²) in [6.45, 7) is 1.99. The summed E-state index contributed by atoms with van der Waals surface area (Å²) in [5.74, 6) is -0.361. The van der Waals surface area contributed by atoms with E-state index in [4.69, 9.17) is 0 Å². The summed E-state index contributed by atoms with van der Waals surface area (Å²) in [6, 6.07) is 22.4. The Morgan fingerprint density at radius 3 is 2.56 bits per heavy atom. The average molecular weight is 544 g/mol. The summed E-state index contributed by atoms with van der Waals surface area (Å²) >= 11 is 3.43. The number of tetrazole rings is 1. The van der Waals surface area contributed by atoms with Gasteiger partial charge >= 0.3 is 0 Å². The molecule has 0 aliphatic rings. The maximum absolute atomic E-state index is 13.2. The summed E-state index contributed by atoms with van der Waals surface area (Å²) < 4.78 is 0.812. The number of nitrogens with one attached hydrogen (secondary N) is 4. The fourth-order valence-corrected chi connectivity index (χ4v) is 4.50. The zero-order chi connectivity index (χ0) is 25.1. The number of anilines is 2. The molecule has 5 aromatic rings. The number of halogens is 1. The number of nitrogens with zero attached hydrogens (tertiary/aromatic N) is 3. The van der Waals surface area contributed by atoms with Crippen molar-refractivity contribution in [1.82, 2.24) is 25.6 Å². The standard InChI is InChI=1S/C26H22BrN7O2/c1-2-18(15-7-4-3-5-8-15)25(35)30-21-10-6-9-16-13-22(28-23(16)21)26(36)29-20-12-11-17(27)14-19(20)24-31-33-34-32-24/h3-14,18,28H,2H2,1H3,(H,29,36)(H,30,35)(H,31,32,33,34). The molecule has 10 heteroatoms. The SMILES string of the molecule is CCC(C(=O)Nc1cccc2cc(C(=O)Nc3ccc(Br)cc3-c3nn[nH]n3)[nH]c12)c1ccccc1. The zero-order valence-electron chi connectivity index (χ0n) is 19.2. The van der Waals surface area contributed by atoms with Crippen LogP contribution in [0, 0.1) is 0 Å². The smallest absolute Gasteiger partial charge is 0.272 e. The number of aromatic nitrogens is 5. The van der Waals surface area contributed by atoms with Crippen LogP contribution in [0.2, 0.25) is 0 Å². The van der Waals surface area contributed by atoms with Crippen LogP contribution in [0.1, 0.15) is 35.3 Å². The van der Waals surface area contributed by atoms with Crippen molar-refractivity contribution < 1.29 is 9.59 Å². The van der Waals surface area contributed by atoms with Crippen molar-refractivity contribution in [2.45, 2.75) is 19.3 Å². The Morgan fingerprint density at radius 2 is 1.81 bits per heavy atom. The maximum atomic E-state index is 13.2. The first-order valence-electron chi connectivity index (χ1n) is 11.4. The Bertz CT molecular complexity index is 1530. The lowest BCUT2D eigenvalue weighted by Gasteiger charge is -2.16. The number of carbonyl (C=O) groups is 2. The van der Waals surface area contributed by atoms with Crippen LogP contribution in [0.15, 0.2) is 77.3 Å². The van der Waals surface area contributed by atoms with Crippen LogP contribution in [-0.2, 0) is 4.79 Å². The summed E-state index contributed by atoms with van der Waals surface area (Å²) in [6.07, 6.45) is 0.667. The number of fused-ring (bicyclic) bond motifs is 1. The summed E-state index contributed by atoms with van der Waals surface area (Å²) in [4.78, 5) is 29.4. The minimum atomic E-state index is -0.341. The number of aromatic amines is 2. The van der Waals surface area contributed by atoms with E-state index in [1.807, 2.05) is 61.5 Å². The number of hydrogen-bond donors (Lipinski definition) is 4. The molecule has 2 aromatic heterocycles. The van der Waals surface area contributed by atoms with Crippen LogP contribution in [0.25, 0.3) is 22.3 Å². The van der Waals surface area contributed by atoms with E-state index in [2.05, 4.69) is 52.2 Å². The molecular weight excluding hydrogens is 522 g/mol. The zero-order valence-corrected chi connectivity index (χ0v) is 20.8. The van der Waals surface area contributed by atoms with E-state index in [9.17, 15) is 9.59 Å². The fraction of sp³-hybridized carbons (Fsp3) is 0.115. The van der Waals surface area contributed by atoms with Gasteiger partial charge in [-0.15, -0.1) is 10.2 Å². The minimum Gasteiger partial charge on any atom is -0.349 e. The molecule has 2 amide bonds. The van der Waals surface area contributed by atoms with Gasteiger partial charge in [0.2, 0.25) is 11.7 Å². The second kappa shape index (κ2) is 10.1. The van der Waals surface area contributed by atoms with Gasteiger partial charge in [-0.05, 0) is 47.5 Å². The van der Waals surface area contributed by atoms with Crippen LogP contribution >= 0.6 is 15.9 Å². The molecule has 0 bridgehead atoms. The first-order chi connectivity index (χ1) is 17.5. The molecule has 0 saturated carbocycles. The second-order valence-electron chi connectivity index (χ2n) is 8.19. The fourth-order valence-electron chi connectivity index (χ4n) is 4.14. The molecule has 3 aromatic carbocycles. The molecule has 1 atom stereocenters. The van der Waals surface area contributed by atoms with Gasteiger partial charge in [0, 0.05) is 15.4 Å². The highest BCUT2D eigenvalue weighted by Gasteiger charge is 2.21. The summed E-state index contributed by atoms with van der Waals surface area (Å²) in [7, 11) is 0. The summed E-state index contributed by atoms with van der Waals surface area (Å²) in [5, 5.41) is 20.8. The van der Waals surface area contributed by atoms with Gasteiger partial charge in [-0.2, -0.15) is 5.21 Å². The van der Waals surface area contributed by atoms with Gasteiger partial charge in [0.15, 0.2) is 0 Å². The molecule has 5 rings (SSSR count). The first-order valence-corrected chi connectivity index (χ1v) is 12.1. The van der Waals surface area contributed by atoms with Crippen molar-refractivity contribution in [3.63, 3.8) is 0 Å². The van der Waals surface area contributed by atoms with Crippen molar-refractivity contribution in [2.24, 2.45) is 0 Å². The van der Waals surface area contributed by atoms with Crippen molar-refractivity contribution in [2.75, 3.05) is 10.6 Å². The molecule has 0 saturated heterocycles. The van der Waals surface area contributed by atoms with Gasteiger partial charge in [0.25, 0.3) is 5.91 Å². The van der Waals surface area contributed by atoms with Gasteiger partial charge in [-0.3, -0.25) is 9.59 Å². The Morgan fingerprint density at radius 1 is 0.972 bits per heavy atom. The van der Waals surface area contributed by atoms with E-state index >= 15 is 0 Å². The third-order valence-corrected chi connectivity index (χ3v) is 6.39. The molecule has 2 heterocycles. The molecule has 4 N–H and O–H groups in total. The molecular formula is C26H22BrN7O2. The van der Waals surface area contributed by atoms with E-state index in [-0.39, 0.29) is 17.7 Å². The van der Waals surface area contributed by atoms with Crippen LogP contribution in [0.3, 0.4) is 0 Å². The molecule has 180 valence electrons. The summed E-state index contributed by atoms with van der Waals surface area (Å²) in [5.41, 5.74) is 3.74. The van der Waals surface area contributed by atoms with Crippen LogP contribution in [0.5, 0.6) is 0 Å². The Hall–Kier alpha value is -4.31. The topological polar surface area (TPSA) is 128 Å². The van der Waals surface area contributed by atoms with Crippen molar-refractivity contribution in [3.05, 3.63) is 88.5 Å². The average Bonchev–Trinajstić information content (AvgIpc) is 3.57. The van der Waals surface area contributed by atoms with E-state index in [1.54, 1.807) is 18.2 Å². The molecule has 1 unspecified atom stereocenters. The van der Waals surface area contributed by atoms with Gasteiger partial charge in [-0.25, -0.2) is 0 Å². The number of H-pyrrole nitrogens is 2. The van der Waals surface area contributed by atoms with Gasteiger partial charge in [0.05, 0.1) is 22.8 Å². The second-order valence-corrected chi connectivity index (χ2v) is 9.11. The number of hydrogen-bond acceptors (Lipinski definition) is 5. The lowest BCUT2D eigenvalue weighted by Crippen LogP contribution is -2.20. The molecule has 36 heavy (non-hydrogen) atoms. The van der Waals surface area contributed by atoms with Crippen LogP contribution < -0.4 is 10.6 Å². The maximum Gasteiger partial charge on any atom is 0.272 e. The highest BCUT2D eigenvalue weighted by atomic mass is 79.9.